The second-order valence-electron chi connectivity index (χ2n) is 4.01. The summed E-state index contributed by atoms with van der Waals surface area (Å²) in [6, 6.07) is 9.43. The van der Waals surface area contributed by atoms with Crippen molar-refractivity contribution in [2.75, 3.05) is 0 Å². The van der Waals surface area contributed by atoms with E-state index in [0.717, 1.165) is 23.0 Å². The largest absolute Gasteiger partial charge is 0.340 e. The zero-order valence-electron chi connectivity index (χ0n) is 9.65. The van der Waals surface area contributed by atoms with Crippen molar-refractivity contribution in [3.05, 3.63) is 60.3 Å². The van der Waals surface area contributed by atoms with Crippen LogP contribution in [0.15, 0.2) is 48.9 Å². The molecule has 3 aromatic rings. The highest BCUT2D eigenvalue weighted by Gasteiger charge is 2.05. The topological polar surface area (TPSA) is 47.8 Å². The van der Waals surface area contributed by atoms with Crippen LogP contribution in [0.3, 0.4) is 0 Å². The van der Waals surface area contributed by atoms with Crippen LogP contribution in [0.4, 0.5) is 0 Å². The van der Waals surface area contributed by atoms with Gasteiger partial charge in [-0.3, -0.25) is 4.79 Å². The molecule has 4 nitrogen and oxygen atoms in total. The Morgan fingerprint density at radius 2 is 1.94 bits per heavy atom. The standard InChI is InChI=1S/C14H11N3O/c18-10-11-3-1-4-13-12(11)5-8-17(13)9-14-15-6-2-7-16-14/h1-8,10H,9H2. The fourth-order valence-electron chi connectivity index (χ4n) is 2.05. The SMILES string of the molecule is O=Cc1cccc2c1ccn2Cc1ncccn1. The van der Waals surface area contributed by atoms with Crippen LogP contribution in [-0.2, 0) is 6.54 Å². The molecule has 0 bridgehead atoms. The molecule has 88 valence electrons. The van der Waals surface area contributed by atoms with Gasteiger partial charge in [-0.05, 0) is 18.2 Å². The molecule has 0 fully saturated rings. The van der Waals surface area contributed by atoms with Gasteiger partial charge in [0.15, 0.2) is 6.29 Å². The summed E-state index contributed by atoms with van der Waals surface area (Å²) in [5.41, 5.74) is 1.73. The molecular weight excluding hydrogens is 226 g/mol. The predicted molar refractivity (Wildman–Crippen MR) is 68.5 cm³/mol. The molecule has 0 saturated heterocycles. The molecule has 4 heteroatoms. The molecule has 18 heavy (non-hydrogen) atoms. The van der Waals surface area contributed by atoms with Gasteiger partial charge in [-0.25, -0.2) is 9.97 Å². The van der Waals surface area contributed by atoms with Crippen LogP contribution in [0, 0.1) is 0 Å². The van der Waals surface area contributed by atoms with Crippen molar-refractivity contribution in [2.24, 2.45) is 0 Å². The van der Waals surface area contributed by atoms with E-state index in [1.165, 1.54) is 0 Å². The summed E-state index contributed by atoms with van der Waals surface area (Å²) < 4.78 is 2.04. The maximum absolute atomic E-state index is 11.0. The highest BCUT2D eigenvalue weighted by atomic mass is 16.1. The van der Waals surface area contributed by atoms with Crippen LogP contribution >= 0.6 is 0 Å². The van der Waals surface area contributed by atoms with Crippen LogP contribution in [0.5, 0.6) is 0 Å². The van der Waals surface area contributed by atoms with Crippen molar-refractivity contribution in [1.29, 1.82) is 0 Å². The zero-order chi connectivity index (χ0) is 12.4. The summed E-state index contributed by atoms with van der Waals surface area (Å²) in [4.78, 5) is 19.4. The Morgan fingerprint density at radius 3 is 2.72 bits per heavy atom. The van der Waals surface area contributed by atoms with Crippen molar-refractivity contribution >= 4 is 17.2 Å². The number of hydrogen-bond acceptors (Lipinski definition) is 3. The second-order valence-corrected chi connectivity index (χ2v) is 4.01. The number of aromatic nitrogens is 3. The van der Waals surface area contributed by atoms with E-state index in [4.69, 9.17) is 0 Å². The molecule has 0 saturated carbocycles. The van der Waals surface area contributed by atoms with Gasteiger partial charge in [0.05, 0.1) is 6.54 Å². The quantitative estimate of drug-likeness (QED) is 0.657. The molecule has 2 heterocycles. The van der Waals surface area contributed by atoms with Crippen molar-refractivity contribution in [1.82, 2.24) is 14.5 Å². The molecule has 0 atom stereocenters. The van der Waals surface area contributed by atoms with E-state index in [0.29, 0.717) is 12.1 Å². The number of fused-ring (bicyclic) bond motifs is 1. The fraction of sp³-hybridized carbons (Fsp3) is 0.0714. The molecule has 0 amide bonds. The number of benzene rings is 1. The van der Waals surface area contributed by atoms with Crippen molar-refractivity contribution in [2.45, 2.75) is 6.54 Å². The first-order valence-corrected chi connectivity index (χ1v) is 5.67. The minimum absolute atomic E-state index is 0.604. The summed E-state index contributed by atoms with van der Waals surface area (Å²) >= 11 is 0. The van der Waals surface area contributed by atoms with E-state index in [1.54, 1.807) is 18.5 Å². The van der Waals surface area contributed by atoms with Gasteiger partial charge in [0.1, 0.15) is 5.82 Å². The molecule has 0 spiro atoms. The van der Waals surface area contributed by atoms with Crippen LogP contribution in [0.1, 0.15) is 16.2 Å². The summed E-state index contributed by atoms with van der Waals surface area (Å²) in [6.45, 7) is 0.604. The monoisotopic (exact) mass is 237 g/mol. The Balaban J connectivity index is 2.06. The van der Waals surface area contributed by atoms with Crippen LogP contribution < -0.4 is 0 Å². The van der Waals surface area contributed by atoms with Gasteiger partial charge in [-0.2, -0.15) is 0 Å². The molecule has 3 rings (SSSR count). The van der Waals surface area contributed by atoms with Gasteiger partial charge in [0, 0.05) is 35.1 Å². The van der Waals surface area contributed by atoms with Crippen molar-refractivity contribution in [3.8, 4) is 0 Å². The van der Waals surface area contributed by atoms with Crippen LogP contribution in [-0.4, -0.2) is 20.8 Å². The van der Waals surface area contributed by atoms with Crippen molar-refractivity contribution in [3.63, 3.8) is 0 Å². The smallest absolute Gasteiger partial charge is 0.150 e. The van der Waals surface area contributed by atoms with E-state index in [-0.39, 0.29) is 0 Å². The first-order valence-electron chi connectivity index (χ1n) is 5.67. The lowest BCUT2D eigenvalue weighted by atomic mass is 10.1. The molecule has 1 aromatic carbocycles. The third-order valence-electron chi connectivity index (χ3n) is 2.91. The van der Waals surface area contributed by atoms with Gasteiger partial charge >= 0.3 is 0 Å². The van der Waals surface area contributed by atoms with Crippen LogP contribution in [0.2, 0.25) is 0 Å². The maximum Gasteiger partial charge on any atom is 0.150 e. The molecule has 0 aliphatic heterocycles. The Kier molecular flexibility index (Phi) is 2.61. The number of nitrogens with zero attached hydrogens (tertiary/aromatic N) is 3. The predicted octanol–water partition coefficient (Wildman–Crippen LogP) is 2.29. The molecule has 0 aliphatic carbocycles. The average molecular weight is 237 g/mol. The average Bonchev–Trinajstić information content (AvgIpc) is 2.83. The molecule has 2 aromatic heterocycles. The normalized spacial score (nSPS) is 10.7. The van der Waals surface area contributed by atoms with Gasteiger partial charge in [0.2, 0.25) is 0 Å². The first-order chi connectivity index (χ1) is 8.88. The lowest BCUT2D eigenvalue weighted by molar-refractivity contribution is 0.112. The van der Waals surface area contributed by atoms with Gasteiger partial charge < -0.3 is 4.57 Å². The fourth-order valence-corrected chi connectivity index (χ4v) is 2.05. The summed E-state index contributed by atoms with van der Waals surface area (Å²) in [5.74, 6) is 0.756. The molecule has 0 unspecified atom stereocenters. The number of aldehydes is 1. The van der Waals surface area contributed by atoms with Gasteiger partial charge in [-0.1, -0.05) is 12.1 Å². The highest BCUT2D eigenvalue weighted by molar-refractivity contribution is 5.97. The van der Waals surface area contributed by atoms with Gasteiger partial charge in [0.25, 0.3) is 0 Å². The minimum Gasteiger partial charge on any atom is -0.340 e. The van der Waals surface area contributed by atoms with Gasteiger partial charge in [-0.15, -0.1) is 0 Å². The highest BCUT2D eigenvalue weighted by Crippen LogP contribution is 2.19. The molecular formula is C14H11N3O. The minimum atomic E-state index is 0.604. The van der Waals surface area contributed by atoms with Crippen molar-refractivity contribution < 1.29 is 4.79 Å². The lowest BCUT2D eigenvalue weighted by Gasteiger charge is -2.04. The Hall–Kier alpha value is -2.49. The molecule has 0 N–H and O–H groups in total. The first kappa shape index (κ1) is 10.7. The number of carbonyl (C=O) groups is 1. The summed E-state index contributed by atoms with van der Waals surface area (Å²) in [5, 5.41) is 0.962. The Bertz CT molecular complexity index is 689. The zero-order valence-corrected chi connectivity index (χ0v) is 9.65. The Labute approximate surface area is 104 Å². The van der Waals surface area contributed by atoms with E-state index in [2.05, 4.69) is 9.97 Å². The number of rotatable bonds is 3. The summed E-state index contributed by atoms with van der Waals surface area (Å²) in [7, 11) is 0. The number of hydrogen-bond donors (Lipinski definition) is 0. The lowest BCUT2D eigenvalue weighted by Crippen LogP contribution is -2.02. The maximum atomic E-state index is 11.0. The third-order valence-corrected chi connectivity index (χ3v) is 2.91. The van der Waals surface area contributed by atoms with E-state index in [1.807, 2.05) is 35.0 Å². The van der Waals surface area contributed by atoms with E-state index in [9.17, 15) is 4.79 Å². The van der Waals surface area contributed by atoms with E-state index < -0.39 is 0 Å². The Morgan fingerprint density at radius 1 is 1.11 bits per heavy atom. The molecule has 0 aliphatic rings. The molecule has 0 radical (unpaired) electrons. The second kappa shape index (κ2) is 4.41. The summed E-state index contributed by atoms with van der Waals surface area (Å²) in [6.07, 6.45) is 6.29. The van der Waals surface area contributed by atoms with E-state index >= 15 is 0 Å². The van der Waals surface area contributed by atoms with Crippen LogP contribution in [0.25, 0.3) is 10.9 Å². The number of carbonyl (C=O) groups excluding carboxylic acids is 1. The third kappa shape index (κ3) is 1.78.